The summed E-state index contributed by atoms with van der Waals surface area (Å²) in [6, 6.07) is 18.0. The van der Waals surface area contributed by atoms with Crippen LogP contribution in [0.15, 0.2) is 54.6 Å². The maximum Gasteiger partial charge on any atom is 0.315 e. The number of aliphatic hydroxyl groups excluding tert-OH is 1. The van der Waals surface area contributed by atoms with Crippen LogP contribution >= 0.6 is 0 Å². The fourth-order valence-corrected chi connectivity index (χ4v) is 3.62. The molecule has 0 saturated carbocycles. The predicted molar refractivity (Wildman–Crippen MR) is 107 cm³/mol. The van der Waals surface area contributed by atoms with Gasteiger partial charge in [-0.2, -0.15) is 0 Å². The molecule has 1 unspecified atom stereocenters. The number of piperidine rings is 1. The summed E-state index contributed by atoms with van der Waals surface area (Å²) >= 11 is 0. The first kappa shape index (κ1) is 19.4. The minimum Gasteiger partial charge on any atom is -0.392 e. The van der Waals surface area contributed by atoms with Gasteiger partial charge < -0.3 is 15.7 Å². The highest BCUT2D eigenvalue weighted by Gasteiger charge is 2.20. The minimum absolute atomic E-state index is 0.0151. The summed E-state index contributed by atoms with van der Waals surface area (Å²) in [6.07, 6.45) is 2.33. The van der Waals surface area contributed by atoms with E-state index in [2.05, 4.69) is 39.8 Å². The summed E-state index contributed by atoms with van der Waals surface area (Å²) in [5, 5.41) is 15.1. The molecule has 1 fully saturated rings. The molecular formula is C22H29N3O2. The van der Waals surface area contributed by atoms with Crippen molar-refractivity contribution in [3.8, 4) is 0 Å². The van der Waals surface area contributed by atoms with Gasteiger partial charge in [0.15, 0.2) is 0 Å². The van der Waals surface area contributed by atoms with E-state index in [1.165, 1.54) is 12.0 Å². The van der Waals surface area contributed by atoms with Crippen LogP contribution in [0.2, 0.25) is 0 Å². The van der Waals surface area contributed by atoms with Crippen molar-refractivity contribution in [1.82, 2.24) is 15.5 Å². The smallest absolute Gasteiger partial charge is 0.315 e. The van der Waals surface area contributed by atoms with Crippen LogP contribution in [0.3, 0.4) is 0 Å². The van der Waals surface area contributed by atoms with Crippen molar-refractivity contribution >= 4 is 6.03 Å². The van der Waals surface area contributed by atoms with Crippen molar-refractivity contribution in [3.05, 3.63) is 71.3 Å². The minimum atomic E-state index is -0.135. The lowest BCUT2D eigenvalue weighted by Gasteiger charge is -2.32. The molecule has 1 atom stereocenters. The molecule has 27 heavy (non-hydrogen) atoms. The lowest BCUT2D eigenvalue weighted by molar-refractivity contribution is 0.165. The molecule has 2 amide bonds. The largest absolute Gasteiger partial charge is 0.392 e. The molecule has 1 heterocycles. The maximum absolute atomic E-state index is 12.1. The van der Waals surface area contributed by atoms with Gasteiger partial charge in [0.1, 0.15) is 0 Å². The molecule has 2 aromatic carbocycles. The number of benzene rings is 2. The van der Waals surface area contributed by atoms with Crippen LogP contribution in [0.5, 0.6) is 0 Å². The average Bonchev–Trinajstić information content (AvgIpc) is 2.72. The molecule has 1 aliphatic rings. The molecule has 0 aromatic heterocycles. The van der Waals surface area contributed by atoms with Gasteiger partial charge in [0.2, 0.25) is 0 Å². The van der Waals surface area contributed by atoms with Crippen LogP contribution in [-0.4, -0.2) is 35.7 Å². The Bertz CT molecular complexity index is 721. The molecule has 1 aliphatic heterocycles. The number of nitrogens with zero attached hydrogens (tertiary/aromatic N) is 1. The Morgan fingerprint density at radius 2 is 1.81 bits per heavy atom. The molecule has 144 valence electrons. The van der Waals surface area contributed by atoms with Gasteiger partial charge in [-0.3, -0.25) is 4.90 Å². The van der Waals surface area contributed by atoms with Gasteiger partial charge in [-0.05, 0) is 42.0 Å². The molecule has 0 aliphatic carbocycles. The van der Waals surface area contributed by atoms with Gasteiger partial charge in [0, 0.05) is 26.2 Å². The second-order valence-corrected chi connectivity index (χ2v) is 7.27. The molecule has 3 N–H and O–H groups in total. The number of urea groups is 1. The Balaban J connectivity index is 1.39. The second kappa shape index (κ2) is 10.1. The molecule has 0 bridgehead atoms. The monoisotopic (exact) mass is 367 g/mol. The first-order chi connectivity index (χ1) is 13.2. The molecule has 3 rings (SSSR count). The van der Waals surface area contributed by atoms with E-state index in [1.54, 1.807) is 0 Å². The molecule has 5 nitrogen and oxygen atoms in total. The topological polar surface area (TPSA) is 64.6 Å². The van der Waals surface area contributed by atoms with Gasteiger partial charge in [-0.25, -0.2) is 4.79 Å². The van der Waals surface area contributed by atoms with Crippen molar-refractivity contribution in [2.24, 2.45) is 5.92 Å². The van der Waals surface area contributed by atoms with Crippen molar-refractivity contribution < 1.29 is 9.90 Å². The lowest BCUT2D eigenvalue weighted by Crippen LogP contribution is -2.43. The normalized spacial score (nSPS) is 17.4. The third-order valence-electron chi connectivity index (χ3n) is 5.03. The summed E-state index contributed by atoms with van der Waals surface area (Å²) in [5.74, 6) is 0.492. The summed E-state index contributed by atoms with van der Waals surface area (Å²) < 4.78 is 0. The standard InChI is InChI=1S/C22H29N3O2/c26-17-20-9-4-8-19(12-20)13-23-22(27)24-14-21-10-5-11-25(16-21)15-18-6-2-1-3-7-18/h1-4,6-9,12,21,26H,5,10-11,13-17H2,(H2,23,24,27). The van der Waals surface area contributed by atoms with Gasteiger partial charge in [-0.15, -0.1) is 0 Å². The van der Waals surface area contributed by atoms with Crippen molar-refractivity contribution in [2.75, 3.05) is 19.6 Å². The zero-order valence-electron chi connectivity index (χ0n) is 15.7. The number of rotatable bonds is 7. The fraction of sp³-hybridized carbons (Fsp3) is 0.409. The van der Waals surface area contributed by atoms with Crippen LogP contribution in [0, 0.1) is 5.92 Å². The van der Waals surface area contributed by atoms with E-state index in [1.807, 2.05) is 30.3 Å². The number of amides is 2. The first-order valence-electron chi connectivity index (χ1n) is 9.69. The second-order valence-electron chi connectivity index (χ2n) is 7.27. The molecule has 0 radical (unpaired) electrons. The zero-order valence-corrected chi connectivity index (χ0v) is 15.7. The van der Waals surface area contributed by atoms with E-state index >= 15 is 0 Å². The summed E-state index contributed by atoms with van der Waals surface area (Å²) in [4.78, 5) is 14.6. The molecule has 1 saturated heterocycles. The maximum atomic E-state index is 12.1. The summed E-state index contributed by atoms with van der Waals surface area (Å²) in [6.45, 7) is 4.30. The van der Waals surface area contributed by atoms with Gasteiger partial charge >= 0.3 is 6.03 Å². The quantitative estimate of drug-likeness (QED) is 0.705. The van der Waals surface area contributed by atoms with Gasteiger partial charge in [0.05, 0.1) is 6.61 Å². The highest BCUT2D eigenvalue weighted by molar-refractivity contribution is 5.73. The van der Waals surface area contributed by atoms with Gasteiger partial charge in [-0.1, -0.05) is 54.6 Å². The number of hydrogen-bond acceptors (Lipinski definition) is 3. The highest BCUT2D eigenvalue weighted by Crippen LogP contribution is 2.18. The van der Waals surface area contributed by atoms with E-state index in [0.29, 0.717) is 19.0 Å². The van der Waals surface area contributed by atoms with E-state index < -0.39 is 0 Å². The third kappa shape index (κ3) is 6.38. The van der Waals surface area contributed by atoms with Crippen LogP contribution < -0.4 is 10.6 Å². The number of hydrogen-bond donors (Lipinski definition) is 3. The number of likely N-dealkylation sites (tertiary alicyclic amines) is 1. The molecular weight excluding hydrogens is 338 g/mol. The fourth-order valence-electron chi connectivity index (χ4n) is 3.62. The number of aliphatic hydroxyl groups is 1. The average molecular weight is 367 g/mol. The highest BCUT2D eigenvalue weighted by atomic mass is 16.3. The van der Waals surface area contributed by atoms with Crippen molar-refractivity contribution in [2.45, 2.75) is 32.5 Å². The molecule has 0 spiro atoms. The van der Waals surface area contributed by atoms with Gasteiger partial charge in [0.25, 0.3) is 0 Å². The van der Waals surface area contributed by atoms with Crippen LogP contribution in [0.4, 0.5) is 4.79 Å². The summed E-state index contributed by atoms with van der Waals surface area (Å²) in [5.41, 5.74) is 3.19. The van der Waals surface area contributed by atoms with Crippen molar-refractivity contribution in [1.29, 1.82) is 0 Å². The van der Waals surface area contributed by atoms with Crippen LogP contribution in [0.25, 0.3) is 0 Å². The Morgan fingerprint density at radius 1 is 1.04 bits per heavy atom. The van der Waals surface area contributed by atoms with E-state index in [9.17, 15) is 9.90 Å². The SMILES string of the molecule is O=C(NCc1cccc(CO)c1)NCC1CCCN(Cc2ccccc2)C1. The Kier molecular flexibility index (Phi) is 7.25. The third-order valence-corrected chi connectivity index (χ3v) is 5.03. The number of carbonyl (C=O) groups is 1. The van der Waals surface area contributed by atoms with Crippen LogP contribution in [-0.2, 0) is 19.7 Å². The zero-order chi connectivity index (χ0) is 18.9. The molecule has 5 heteroatoms. The van der Waals surface area contributed by atoms with E-state index in [4.69, 9.17) is 0 Å². The number of carbonyl (C=O) groups excluding carboxylic acids is 1. The first-order valence-corrected chi connectivity index (χ1v) is 9.69. The van der Waals surface area contributed by atoms with E-state index in [-0.39, 0.29) is 12.6 Å². The summed E-state index contributed by atoms with van der Waals surface area (Å²) in [7, 11) is 0. The van der Waals surface area contributed by atoms with Crippen molar-refractivity contribution in [3.63, 3.8) is 0 Å². The Hall–Kier alpha value is -2.37. The van der Waals surface area contributed by atoms with Crippen LogP contribution in [0.1, 0.15) is 29.5 Å². The number of nitrogens with one attached hydrogen (secondary N) is 2. The Labute approximate surface area is 161 Å². The molecule has 2 aromatic rings. The predicted octanol–water partition coefficient (Wildman–Crippen LogP) is 2.89. The lowest BCUT2D eigenvalue weighted by atomic mass is 9.97. The van der Waals surface area contributed by atoms with E-state index in [0.717, 1.165) is 37.2 Å². The Morgan fingerprint density at radius 3 is 2.63 bits per heavy atom.